The standard InChI is InChI=1S/C18H31N5O2S/c1-4-20-18(22-14-16-7-6-12-23(16)5-2)21-13-15-8-10-17(11-9-15)26(24,25)19-3/h8-11,16,19H,4-7,12-14H2,1-3H3,(H2,20,21,22). The van der Waals surface area contributed by atoms with E-state index in [1.54, 1.807) is 24.3 Å². The van der Waals surface area contributed by atoms with E-state index in [1.807, 2.05) is 6.92 Å². The van der Waals surface area contributed by atoms with Crippen LogP contribution in [0.5, 0.6) is 0 Å². The van der Waals surface area contributed by atoms with E-state index in [4.69, 9.17) is 0 Å². The second-order valence-electron chi connectivity index (χ2n) is 6.35. The summed E-state index contributed by atoms with van der Waals surface area (Å²) in [5, 5.41) is 6.70. The van der Waals surface area contributed by atoms with Gasteiger partial charge >= 0.3 is 0 Å². The number of likely N-dealkylation sites (N-methyl/N-ethyl adjacent to an activating group) is 1. The highest BCUT2D eigenvalue weighted by molar-refractivity contribution is 7.89. The molecule has 3 N–H and O–H groups in total. The van der Waals surface area contributed by atoms with Gasteiger partial charge in [-0.15, -0.1) is 0 Å². The van der Waals surface area contributed by atoms with Gasteiger partial charge in [0.2, 0.25) is 10.0 Å². The molecule has 146 valence electrons. The summed E-state index contributed by atoms with van der Waals surface area (Å²) in [6.45, 7) is 8.70. The van der Waals surface area contributed by atoms with Gasteiger partial charge in [-0.2, -0.15) is 0 Å². The van der Waals surface area contributed by atoms with Gasteiger partial charge in [-0.05, 0) is 57.6 Å². The Morgan fingerprint density at radius 3 is 2.58 bits per heavy atom. The number of hydrogen-bond donors (Lipinski definition) is 3. The van der Waals surface area contributed by atoms with Crippen LogP contribution in [0, 0.1) is 0 Å². The predicted octanol–water partition coefficient (Wildman–Crippen LogP) is 1.13. The molecule has 8 heteroatoms. The minimum absolute atomic E-state index is 0.263. The van der Waals surface area contributed by atoms with Crippen molar-refractivity contribution in [1.82, 2.24) is 20.3 Å². The van der Waals surface area contributed by atoms with Gasteiger partial charge in [0.05, 0.1) is 11.4 Å². The number of nitrogens with zero attached hydrogens (tertiary/aromatic N) is 2. The number of guanidine groups is 1. The van der Waals surface area contributed by atoms with Crippen LogP contribution in [-0.4, -0.2) is 58.5 Å². The summed E-state index contributed by atoms with van der Waals surface area (Å²) in [5.41, 5.74) is 0.966. The second kappa shape index (κ2) is 9.89. The van der Waals surface area contributed by atoms with E-state index >= 15 is 0 Å². The second-order valence-corrected chi connectivity index (χ2v) is 8.24. The van der Waals surface area contributed by atoms with Crippen molar-refractivity contribution in [2.75, 3.05) is 33.2 Å². The fourth-order valence-electron chi connectivity index (χ4n) is 3.16. The highest BCUT2D eigenvalue weighted by atomic mass is 32.2. The maximum atomic E-state index is 11.8. The summed E-state index contributed by atoms with van der Waals surface area (Å²) < 4.78 is 25.8. The molecule has 0 aliphatic carbocycles. The lowest BCUT2D eigenvalue weighted by atomic mass is 10.2. The summed E-state index contributed by atoms with van der Waals surface area (Å²) in [6.07, 6.45) is 2.48. The molecule has 1 fully saturated rings. The molecular formula is C18H31N5O2S. The van der Waals surface area contributed by atoms with Gasteiger partial charge < -0.3 is 10.6 Å². The van der Waals surface area contributed by atoms with E-state index in [0.29, 0.717) is 12.6 Å². The van der Waals surface area contributed by atoms with Gasteiger partial charge in [0, 0.05) is 19.1 Å². The van der Waals surface area contributed by atoms with Gasteiger partial charge in [-0.1, -0.05) is 19.1 Å². The molecule has 1 aromatic rings. The molecule has 0 amide bonds. The van der Waals surface area contributed by atoms with Crippen LogP contribution in [0.4, 0.5) is 0 Å². The average Bonchev–Trinajstić information content (AvgIpc) is 3.12. The zero-order chi connectivity index (χ0) is 19.0. The summed E-state index contributed by atoms with van der Waals surface area (Å²) in [4.78, 5) is 7.38. The largest absolute Gasteiger partial charge is 0.357 e. The first kappa shape index (κ1) is 20.7. The van der Waals surface area contributed by atoms with Crippen LogP contribution >= 0.6 is 0 Å². The van der Waals surface area contributed by atoms with Gasteiger partial charge in [0.1, 0.15) is 0 Å². The van der Waals surface area contributed by atoms with Gasteiger partial charge in [-0.25, -0.2) is 18.1 Å². The lowest BCUT2D eigenvalue weighted by molar-refractivity contribution is 0.267. The van der Waals surface area contributed by atoms with Crippen molar-refractivity contribution < 1.29 is 8.42 Å². The molecule has 7 nitrogen and oxygen atoms in total. The third kappa shape index (κ3) is 5.69. The number of benzene rings is 1. The molecule has 0 saturated carbocycles. The number of nitrogens with one attached hydrogen (secondary N) is 3. The lowest BCUT2D eigenvalue weighted by Crippen LogP contribution is -2.44. The minimum atomic E-state index is -3.40. The van der Waals surface area contributed by atoms with Crippen molar-refractivity contribution in [3.05, 3.63) is 29.8 Å². The quantitative estimate of drug-likeness (QED) is 0.464. The third-order valence-corrected chi connectivity index (χ3v) is 6.11. The molecular weight excluding hydrogens is 350 g/mol. The molecule has 26 heavy (non-hydrogen) atoms. The number of likely N-dealkylation sites (tertiary alicyclic amines) is 1. The summed E-state index contributed by atoms with van der Waals surface area (Å²) in [6, 6.07) is 7.37. The fraction of sp³-hybridized carbons (Fsp3) is 0.611. The van der Waals surface area contributed by atoms with Crippen LogP contribution in [0.2, 0.25) is 0 Å². The molecule has 1 aromatic carbocycles. The third-order valence-electron chi connectivity index (χ3n) is 4.68. The molecule has 1 atom stereocenters. The Morgan fingerprint density at radius 2 is 1.96 bits per heavy atom. The van der Waals surface area contributed by atoms with Crippen LogP contribution in [0.1, 0.15) is 32.3 Å². The van der Waals surface area contributed by atoms with Crippen molar-refractivity contribution in [2.24, 2.45) is 4.99 Å². The number of aliphatic imine (C=N–C) groups is 1. The molecule has 0 aromatic heterocycles. The maximum absolute atomic E-state index is 11.8. The van der Waals surface area contributed by atoms with E-state index in [1.165, 1.54) is 26.4 Å². The normalized spacial score (nSPS) is 18.9. The molecule has 0 bridgehead atoms. The highest BCUT2D eigenvalue weighted by Gasteiger charge is 2.22. The number of sulfonamides is 1. The predicted molar refractivity (Wildman–Crippen MR) is 106 cm³/mol. The molecule has 1 heterocycles. The van der Waals surface area contributed by atoms with Crippen molar-refractivity contribution in [1.29, 1.82) is 0 Å². The SMILES string of the molecule is CCNC(=NCc1ccc(S(=O)(=O)NC)cc1)NCC1CCCN1CC. The van der Waals surface area contributed by atoms with Gasteiger partial charge in [-0.3, -0.25) is 4.90 Å². The molecule has 2 rings (SSSR count). The molecule has 0 spiro atoms. The smallest absolute Gasteiger partial charge is 0.240 e. The van der Waals surface area contributed by atoms with Crippen LogP contribution in [0.3, 0.4) is 0 Å². The first-order valence-corrected chi connectivity index (χ1v) is 10.8. The van der Waals surface area contributed by atoms with Crippen molar-refractivity contribution in [3.8, 4) is 0 Å². The Hall–Kier alpha value is -1.64. The minimum Gasteiger partial charge on any atom is -0.357 e. The molecule has 1 aliphatic rings. The Balaban J connectivity index is 1.95. The van der Waals surface area contributed by atoms with Crippen molar-refractivity contribution >= 4 is 16.0 Å². The monoisotopic (exact) mass is 381 g/mol. The molecule has 0 radical (unpaired) electrons. The molecule has 1 unspecified atom stereocenters. The topological polar surface area (TPSA) is 85.8 Å². The first-order chi connectivity index (χ1) is 12.5. The van der Waals surface area contributed by atoms with E-state index < -0.39 is 10.0 Å². The first-order valence-electron chi connectivity index (χ1n) is 9.28. The zero-order valence-corrected chi connectivity index (χ0v) is 16.8. The van der Waals surface area contributed by atoms with Gasteiger partial charge in [0.15, 0.2) is 5.96 Å². The molecule has 1 saturated heterocycles. The van der Waals surface area contributed by atoms with E-state index in [9.17, 15) is 8.42 Å². The van der Waals surface area contributed by atoms with E-state index in [0.717, 1.165) is 31.2 Å². The summed E-state index contributed by atoms with van der Waals surface area (Å²) in [5.74, 6) is 0.794. The maximum Gasteiger partial charge on any atom is 0.240 e. The van der Waals surface area contributed by atoms with Crippen molar-refractivity contribution in [3.63, 3.8) is 0 Å². The van der Waals surface area contributed by atoms with E-state index in [2.05, 4.69) is 32.2 Å². The Labute approximate surface area is 157 Å². The summed E-state index contributed by atoms with van der Waals surface area (Å²) in [7, 11) is -1.99. The van der Waals surface area contributed by atoms with E-state index in [-0.39, 0.29) is 4.90 Å². The molecule has 1 aliphatic heterocycles. The van der Waals surface area contributed by atoms with Crippen LogP contribution < -0.4 is 15.4 Å². The number of rotatable bonds is 8. The number of hydrogen-bond acceptors (Lipinski definition) is 4. The summed E-state index contributed by atoms with van der Waals surface area (Å²) >= 11 is 0. The Bertz CT molecular complexity index is 688. The van der Waals surface area contributed by atoms with Crippen LogP contribution in [0.15, 0.2) is 34.2 Å². The zero-order valence-electron chi connectivity index (χ0n) is 16.0. The van der Waals surface area contributed by atoms with Crippen LogP contribution in [0.25, 0.3) is 0 Å². The Kier molecular flexibility index (Phi) is 7.86. The Morgan fingerprint density at radius 1 is 1.23 bits per heavy atom. The van der Waals surface area contributed by atoms with Crippen molar-refractivity contribution in [2.45, 2.75) is 44.2 Å². The fourth-order valence-corrected chi connectivity index (χ4v) is 3.89. The average molecular weight is 382 g/mol. The highest BCUT2D eigenvalue weighted by Crippen LogP contribution is 2.15. The lowest BCUT2D eigenvalue weighted by Gasteiger charge is -2.24. The van der Waals surface area contributed by atoms with Gasteiger partial charge in [0.25, 0.3) is 0 Å². The van der Waals surface area contributed by atoms with Crippen LogP contribution in [-0.2, 0) is 16.6 Å².